The number of fused-ring (bicyclic) bond motifs is 5. The van der Waals surface area contributed by atoms with Crippen LogP contribution in [0, 0.1) is 5.92 Å². The Morgan fingerprint density at radius 2 is 1.64 bits per heavy atom. The van der Waals surface area contributed by atoms with Crippen molar-refractivity contribution in [1.29, 1.82) is 0 Å². The number of phenolic OH excluding ortho intramolecular Hbond substituents is 1. The predicted octanol–water partition coefficient (Wildman–Crippen LogP) is 8.06. The number of aliphatic hydroxyl groups excluding tert-OH is 1. The molecule has 3 aliphatic rings. The molecule has 5 aromatic rings. The number of ether oxygens (including phenoxy) is 2. The van der Waals surface area contributed by atoms with Gasteiger partial charge in [-0.3, -0.25) is 14.6 Å². The Kier molecular flexibility index (Phi) is 13.0. The number of rotatable bonds is 18. The number of H-pyrrole nitrogens is 1. The van der Waals surface area contributed by atoms with E-state index >= 15 is 0 Å². The van der Waals surface area contributed by atoms with Crippen LogP contribution in [0.5, 0.6) is 11.5 Å². The summed E-state index contributed by atoms with van der Waals surface area (Å²) in [5.74, 6) is 1.17. The number of nitrogens with one attached hydrogen (secondary N) is 2. The number of aromatic amines is 1. The van der Waals surface area contributed by atoms with Crippen LogP contribution >= 0.6 is 0 Å². The summed E-state index contributed by atoms with van der Waals surface area (Å²) in [6.07, 6.45) is 8.72. The number of aliphatic hydroxyl groups is 1. The second-order valence-electron chi connectivity index (χ2n) is 15.1. The first-order chi connectivity index (χ1) is 26.9. The first kappa shape index (κ1) is 38.4. The molecule has 290 valence electrons. The highest BCUT2D eigenvalue weighted by atomic mass is 16.6. The Labute approximate surface area is 323 Å². The lowest BCUT2D eigenvalue weighted by Crippen LogP contribution is -2.53. The standard InChI is InChI=1S/C45H54N4O6/c50-40-20-18-38(39-19-21-43(52)47-44(39)40)41(51)29-46-24-8-4-2-1-3-5-9-27-54-36-16-11-15-35(28-36)49(30-34-14-10-13-32-12-6-7-17-37(32)34)45(53)55-42-31-48-25-22-33(42)23-26-48/h6-7,10-21,28,33,41-42,46,50-51H,1-5,8-9,22-27,29-31H2,(H,47,52)/t41-,42-/m0/s1. The highest BCUT2D eigenvalue weighted by molar-refractivity contribution is 5.91. The van der Waals surface area contributed by atoms with Crippen molar-refractivity contribution in [2.24, 2.45) is 5.92 Å². The van der Waals surface area contributed by atoms with Gasteiger partial charge in [0.05, 0.1) is 30.5 Å². The molecular weight excluding hydrogens is 693 g/mol. The van der Waals surface area contributed by atoms with Crippen LogP contribution in [0.1, 0.15) is 75.0 Å². The lowest BCUT2D eigenvalue weighted by atomic mass is 9.86. The zero-order valence-corrected chi connectivity index (χ0v) is 31.6. The lowest BCUT2D eigenvalue weighted by molar-refractivity contribution is -0.0311. The average molecular weight is 747 g/mol. The molecule has 10 nitrogen and oxygen atoms in total. The third-order valence-corrected chi connectivity index (χ3v) is 11.3. The molecule has 3 saturated heterocycles. The van der Waals surface area contributed by atoms with E-state index in [0.29, 0.717) is 42.1 Å². The molecule has 3 fully saturated rings. The monoisotopic (exact) mass is 746 g/mol. The van der Waals surface area contributed by atoms with Crippen molar-refractivity contribution >= 4 is 33.5 Å². The number of phenols is 1. The second kappa shape index (κ2) is 18.6. The van der Waals surface area contributed by atoms with Crippen molar-refractivity contribution in [3.63, 3.8) is 0 Å². The van der Waals surface area contributed by atoms with Crippen LogP contribution in [-0.4, -0.2) is 71.6 Å². The van der Waals surface area contributed by atoms with Gasteiger partial charge in [-0.15, -0.1) is 0 Å². The summed E-state index contributed by atoms with van der Waals surface area (Å²) in [4.78, 5) is 32.4. The van der Waals surface area contributed by atoms with E-state index in [1.54, 1.807) is 17.0 Å². The molecule has 2 atom stereocenters. The molecule has 0 saturated carbocycles. The van der Waals surface area contributed by atoms with Gasteiger partial charge in [0.2, 0.25) is 5.56 Å². The molecule has 4 N–H and O–H groups in total. The van der Waals surface area contributed by atoms with E-state index in [2.05, 4.69) is 39.5 Å². The smallest absolute Gasteiger partial charge is 0.414 e. The van der Waals surface area contributed by atoms with Gasteiger partial charge in [-0.05, 0) is 97.4 Å². The van der Waals surface area contributed by atoms with Gasteiger partial charge in [0.15, 0.2) is 0 Å². The number of hydrogen-bond donors (Lipinski definition) is 4. The number of nitrogens with zero attached hydrogens (tertiary/aromatic N) is 2. The number of aromatic hydroxyl groups is 1. The molecule has 1 amide bonds. The zero-order chi connectivity index (χ0) is 38.0. The fourth-order valence-electron chi connectivity index (χ4n) is 8.16. The fraction of sp³-hybridized carbons (Fsp3) is 0.422. The summed E-state index contributed by atoms with van der Waals surface area (Å²) < 4.78 is 12.5. The molecule has 55 heavy (non-hydrogen) atoms. The van der Waals surface area contributed by atoms with Gasteiger partial charge in [0.1, 0.15) is 17.6 Å². The van der Waals surface area contributed by atoms with Gasteiger partial charge in [0.25, 0.3) is 0 Å². The van der Waals surface area contributed by atoms with Gasteiger partial charge in [0, 0.05) is 30.6 Å². The summed E-state index contributed by atoms with van der Waals surface area (Å²) in [6, 6.07) is 28.6. The molecule has 0 radical (unpaired) electrons. The highest BCUT2D eigenvalue weighted by Crippen LogP contribution is 2.32. The minimum absolute atomic E-state index is 0.00994. The summed E-state index contributed by atoms with van der Waals surface area (Å²) in [5.41, 5.74) is 2.57. The van der Waals surface area contributed by atoms with Crippen LogP contribution in [0.15, 0.2) is 95.8 Å². The van der Waals surface area contributed by atoms with Crippen molar-refractivity contribution in [2.45, 2.75) is 76.5 Å². The summed E-state index contributed by atoms with van der Waals surface area (Å²) in [6.45, 7) is 5.24. The molecule has 8 rings (SSSR count). The number of aromatic nitrogens is 1. The van der Waals surface area contributed by atoms with E-state index in [9.17, 15) is 19.8 Å². The van der Waals surface area contributed by atoms with Crippen molar-refractivity contribution in [3.8, 4) is 11.5 Å². The second-order valence-corrected chi connectivity index (χ2v) is 15.1. The Balaban J connectivity index is 0.831. The molecule has 2 bridgehead atoms. The Morgan fingerprint density at radius 3 is 2.45 bits per heavy atom. The molecule has 4 aromatic carbocycles. The number of carbonyl (C=O) groups is 1. The molecule has 0 aliphatic carbocycles. The lowest BCUT2D eigenvalue weighted by Gasteiger charge is -2.44. The van der Waals surface area contributed by atoms with Gasteiger partial charge in [-0.1, -0.05) is 86.7 Å². The molecule has 0 spiro atoms. The average Bonchev–Trinajstić information content (AvgIpc) is 3.21. The summed E-state index contributed by atoms with van der Waals surface area (Å²) >= 11 is 0. The number of unbranched alkanes of at least 4 members (excludes halogenated alkanes) is 6. The number of benzene rings is 4. The van der Waals surface area contributed by atoms with E-state index in [1.807, 2.05) is 42.5 Å². The number of amides is 1. The van der Waals surface area contributed by atoms with Crippen LogP contribution in [-0.2, 0) is 11.3 Å². The largest absolute Gasteiger partial charge is 0.506 e. The summed E-state index contributed by atoms with van der Waals surface area (Å²) in [5, 5.41) is 27.1. The van der Waals surface area contributed by atoms with Crippen molar-refractivity contribution in [3.05, 3.63) is 112 Å². The van der Waals surface area contributed by atoms with Crippen LogP contribution in [0.4, 0.5) is 10.5 Å². The van der Waals surface area contributed by atoms with Crippen molar-refractivity contribution in [1.82, 2.24) is 15.2 Å². The molecule has 4 heterocycles. The summed E-state index contributed by atoms with van der Waals surface area (Å²) in [7, 11) is 0. The van der Waals surface area contributed by atoms with E-state index < -0.39 is 6.10 Å². The van der Waals surface area contributed by atoms with E-state index in [0.717, 1.165) is 105 Å². The molecule has 10 heteroatoms. The van der Waals surface area contributed by atoms with Crippen LogP contribution in [0.2, 0.25) is 0 Å². The minimum Gasteiger partial charge on any atom is -0.506 e. The van der Waals surface area contributed by atoms with Crippen molar-refractivity contribution in [2.75, 3.05) is 44.2 Å². The van der Waals surface area contributed by atoms with E-state index in [1.165, 1.54) is 18.6 Å². The molecule has 1 aromatic heterocycles. The number of anilines is 1. The maximum absolute atomic E-state index is 14.0. The van der Waals surface area contributed by atoms with Gasteiger partial charge < -0.3 is 30.0 Å². The maximum atomic E-state index is 14.0. The Morgan fingerprint density at radius 1 is 0.873 bits per heavy atom. The van der Waals surface area contributed by atoms with Gasteiger partial charge >= 0.3 is 6.09 Å². The first-order valence-electron chi connectivity index (χ1n) is 20.1. The number of carbonyl (C=O) groups excluding carboxylic acids is 1. The van der Waals surface area contributed by atoms with Gasteiger partial charge in [-0.2, -0.15) is 0 Å². The molecule has 3 aliphatic heterocycles. The van der Waals surface area contributed by atoms with Gasteiger partial charge in [-0.25, -0.2) is 4.79 Å². The van der Waals surface area contributed by atoms with Crippen molar-refractivity contribution < 1.29 is 24.5 Å². The molecule has 0 unspecified atom stereocenters. The highest BCUT2D eigenvalue weighted by Gasteiger charge is 2.37. The Hall–Kier alpha value is -4.90. The zero-order valence-electron chi connectivity index (χ0n) is 31.6. The van der Waals surface area contributed by atoms with Crippen LogP contribution in [0.25, 0.3) is 21.7 Å². The Bertz CT molecular complexity index is 2090. The number of pyridine rings is 1. The normalized spacial score (nSPS) is 18.4. The first-order valence-corrected chi connectivity index (χ1v) is 20.1. The minimum atomic E-state index is -0.746. The quantitative estimate of drug-likeness (QED) is 0.0664. The molecular formula is C45H54N4O6. The maximum Gasteiger partial charge on any atom is 0.414 e. The van der Waals surface area contributed by atoms with E-state index in [4.69, 9.17) is 9.47 Å². The van der Waals surface area contributed by atoms with E-state index in [-0.39, 0.29) is 23.5 Å². The predicted molar refractivity (Wildman–Crippen MR) is 218 cm³/mol. The topological polar surface area (TPSA) is 127 Å². The van der Waals surface area contributed by atoms with Crippen LogP contribution < -0.4 is 20.5 Å². The third kappa shape index (κ3) is 9.86. The number of piperidine rings is 3. The van der Waals surface area contributed by atoms with Crippen LogP contribution in [0.3, 0.4) is 0 Å². The number of hydrogen-bond acceptors (Lipinski definition) is 8. The fourth-order valence-corrected chi connectivity index (χ4v) is 8.16. The third-order valence-electron chi connectivity index (χ3n) is 11.3. The SMILES string of the molecule is O=C(O[C@H]1CN2CCC1CC2)N(Cc1cccc2ccccc12)c1cccc(OCCCCCCCCCNC[C@H](O)c2ccc(O)c3[nH]c(=O)ccc23)c1.